The first-order valence-electron chi connectivity index (χ1n) is 18.4. The maximum Gasteiger partial charge on any atom is 0.306 e. The largest absolute Gasteiger partial charge is 0.462 e. The van der Waals surface area contributed by atoms with Crippen molar-refractivity contribution >= 4 is 17.9 Å². The number of esters is 3. The van der Waals surface area contributed by atoms with Crippen molar-refractivity contribution < 1.29 is 28.6 Å². The van der Waals surface area contributed by atoms with Crippen LogP contribution >= 0.6 is 0 Å². The molecule has 43 heavy (non-hydrogen) atoms. The van der Waals surface area contributed by atoms with Gasteiger partial charge in [0, 0.05) is 19.3 Å². The van der Waals surface area contributed by atoms with Gasteiger partial charge < -0.3 is 14.2 Å². The molecular weight excluding hydrogens is 540 g/mol. The molecule has 0 amide bonds. The number of carbonyl (C=O) groups is 3. The molecule has 0 saturated heterocycles. The second-order valence-corrected chi connectivity index (χ2v) is 13.0. The summed E-state index contributed by atoms with van der Waals surface area (Å²) in [4.78, 5) is 36.9. The lowest BCUT2D eigenvalue weighted by Gasteiger charge is -2.18. The first-order chi connectivity index (χ1) is 20.9. The zero-order valence-corrected chi connectivity index (χ0v) is 28.9. The van der Waals surface area contributed by atoms with Crippen LogP contribution in [-0.4, -0.2) is 37.2 Å². The Balaban J connectivity index is 4.11. The molecule has 1 atom stereocenters. The van der Waals surface area contributed by atoms with Gasteiger partial charge in [0.1, 0.15) is 13.2 Å². The summed E-state index contributed by atoms with van der Waals surface area (Å²) >= 11 is 0. The Morgan fingerprint density at radius 1 is 0.442 bits per heavy atom. The third-order valence-corrected chi connectivity index (χ3v) is 8.04. The highest BCUT2D eigenvalue weighted by Crippen LogP contribution is 2.15. The average molecular weight is 611 g/mol. The van der Waals surface area contributed by atoms with Crippen LogP contribution in [0.2, 0.25) is 0 Å². The minimum Gasteiger partial charge on any atom is -0.462 e. The van der Waals surface area contributed by atoms with Gasteiger partial charge in [-0.1, -0.05) is 156 Å². The van der Waals surface area contributed by atoms with Gasteiger partial charge in [0.2, 0.25) is 0 Å². The standard InChI is InChI=1S/C37H70O6/c1-5-7-9-19-24-28-35(38)41-31-34(43-37(40)30-26-20-10-8-6-2)32-42-36(39)29-25-22-18-16-14-12-11-13-15-17-21-23-27-33(3)4/h33-34H,5-32H2,1-4H3/t34-/m0/s1. The molecule has 0 bridgehead atoms. The van der Waals surface area contributed by atoms with Crippen molar-refractivity contribution in [3.05, 3.63) is 0 Å². The van der Waals surface area contributed by atoms with Crippen LogP contribution in [0.15, 0.2) is 0 Å². The van der Waals surface area contributed by atoms with Gasteiger partial charge in [0.05, 0.1) is 0 Å². The van der Waals surface area contributed by atoms with Crippen molar-refractivity contribution in [3.63, 3.8) is 0 Å². The van der Waals surface area contributed by atoms with Gasteiger partial charge >= 0.3 is 17.9 Å². The normalized spacial score (nSPS) is 11.9. The molecule has 0 aromatic rings. The van der Waals surface area contributed by atoms with E-state index in [0.29, 0.717) is 19.3 Å². The van der Waals surface area contributed by atoms with Crippen molar-refractivity contribution in [1.29, 1.82) is 0 Å². The summed E-state index contributed by atoms with van der Waals surface area (Å²) in [7, 11) is 0. The lowest BCUT2D eigenvalue weighted by atomic mass is 10.0. The molecule has 0 spiro atoms. The summed E-state index contributed by atoms with van der Waals surface area (Å²) in [5.74, 6) is -0.0618. The molecule has 0 aliphatic carbocycles. The Morgan fingerprint density at radius 3 is 1.14 bits per heavy atom. The Kier molecular flexibility index (Phi) is 30.6. The van der Waals surface area contributed by atoms with Crippen LogP contribution in [-0.2, 0) is 28.6 Å². The van der Waals surface area contributed by atoms with Crippen LogP contribution in [0.5, 0.6) is 0 Å². The number of hydrogen-bond acceptors (Lipinski definition) is 6. The molecule has 0 fully saturated rings. The van der Waals surface area contributed by atoms with Crippen LogP contribution in [0, 0.1) is 5.92 Å². The van der Waals surface area contributed by atoms with E-state index in [2.05, 4.69) is 27.7 Å². The quantitative estimate of drug-likeness (QED) is 0.0428. The second-order valence-electron chi connectivity index (χ2n) is 13.0. The Bertz CT molecular complexity index is 647. The van der Waals surface area contributed by atoms with E-state index >= 15 is 0 Å². The van der Waals surface area contributed by atoms with Crippen molar-refractivity contribution in [2.45, 2.75) is 201 Å². The fraction of sp³-hybridized carbons (Fsp3) is 0.919. The smallest absolute Gasteiger partial charge is 0.306 e. The number of rotatable bonds is 32. The number of carbonyl (C=O) groups excluding carboxylic acids is 3. The summed E-state index contributed by atoms with van der Waals surface area (Å²) < 4.78 is 16.4. The highest BCUT2D eigenvalue weighted by Gasteiger charge is 2.19. The Hall–Kier alpha value is -1.59. The first kappa shape index (κ1) is 41.4. The Labute approximate surface area is 266 Å². The van der Waals surface area contributed by atoms with Crippen molar-refractivity contribution in [2.24, 2.45) is 5.92 Å². The van der Waals surface area contributed by atoms with Gasteiger partial charge in [0.25, 0.3) is 0 Å². The molecule has 6 heteroatoms. The molecule has 0 aliphatic rings. The predicted molar refractivity (Wildman–Crippen MR) is 178 cm³/mol. The highest BCUT2D eigenvalue weighted by molar-refractivity contribution is 5.71. The fourth-order valence-corrected chi connectivity index (χ4v) is 5.21. The molecule has 0 heterocycles. The second kappa shape index (κ2) is 31.8. The summed E-state index contributed by atoms with van der Waals surface area (Å²) in [6.07, 6.45) is 27.2. The predicted octanol–water partition coefficient (Wildman–Crippen LogP) is 10.8. The van der Waals surface area contributed by atoms with E-state index in [1.807, 2.05) is 0 Å². The first-order valence-corrected chi connectivity index (χ1v) is 18.4. The zero-order chi connectivity index (χ0) is 31.8. The molecule has 0 unspecified atom stereocenters. The van der Waals surface area contributed by atoms with Gasteiger partial charge in [-0.05, 0) is 25.2 Å². The summed E-state index contributed by atoms with van der Waals surface area (Å²) in [6, 6.07) is 0. The summed E-state index contributed by atoms with van der Waals surface area (Å²) in [6.45, 7) is 8.79. The lowest BCUT2D eigenvalue weighted by molar-refractivity contribution is -0.167. The van der Waals surface area contributed by atoms with E-state index in [4.69, 9.17) is 14.2 Å². The third-order valence-electron chi connectivity index (χ3n) is 8.04. The maximum atomic E-state index is 12.4. The van der Waals surface area contributed by atoms with E-state index in [1.54, 1.807) is 0 Å². The molecule has 6 nitrogen and oxygen atoms in total. The molecule has 0 radical (unpaired) electrons. The van der Waals surface area contributed by atoms with Gasteiger partial charge in [-0.2, -0.15) is 0 Å². The van der Waals surface area contributed by atoms with Gasteiger partial charge in [-0.3, -0.25) is 14.4 Å². The molecule has 0 aromatic carbocycles. The van der Waals surface area contributed by atoms with Gasteiger partial charge in [-0.15, -0.1) is 0 Å². The molecule has 0 aromatic heterocycles. The van der Waals surface area contributed by atoms with Crippen LogP contribution in [0.1, 0.15) is 195 Å². The lowest BCUT2D eigenvalue weighted by Crippen LogP contribution is -2.30. The highest BCUT2D eigenvalue weighted by atomic mass is 16.6. The monoisotopic (exact) mass is 611 g/mol. The van der Waals surface area contributed by atoms with Crippen molar-refractivity contribution in [3.8, 4) is 0 Å². The van der Waals surface area contributed by atoms with Crippen LogP contribution < -0.4 is 0 Å². The molecule has 0 rings (SSSR count). The number of unbranched alkanes of at least 4 members (excludes halogenated alkanes) is 19. The number of ether oxygens (including phenoxy) is 3. The molecule has 0 N–H and O–H groups in total. The molecule has 254 valence electrons. The van der Waals surface area contributed by atoms with Crippen LogP contribution in [0.25, 0.3) is 0 Å². The SMILES string of the molecule is CCCCCCCC(=O)OC[C@@H](COC(=O)CCCCCCCCCCCCCCC(C)C)OC(=O)CCCCCCC. The maximum absolute atomic E-state index is 12.4. The number of hydrogen-bond donors (Lipinski definition) is 0. The van der Waals surface area contributed by atoms with Crippen LogP contribution in [0.3, 0.4) is 0 Å². The van der Waals surface area contributed by atoms with E-state index < -0.39 is 6.10 Å². The molecule has 0 saturated carbocycles. The summed E-state index contributed by atoms with van der Waals surface area (Å²) in [5, 5.41) is 0. The average Bonchev–Trinajstić information content (AvgIpc) is 2.98. The summed E-state index contributed by atoms with van der Waals surface area (Å²) in [5.41, 5.74) is 0. The fourth-order valence-electron chi connectivity index (χ4n) is 5.21. The minimum absolute atomic E-state index is 0.0675. The van der Waals surface area contributed by atoms with E-state index in [1.165, 1.54) is 77.0 Å². The molecular formula is C37H70O6. The van der Waals surface area contributed by atoms with Crippen molar-refractivity contribution in [2.75, 3.05) is 13.2 Å². The van der Waals surface area contributed by atoms with E-state index in [9.17, 15) is 14.4 Å². The minimum atomic E-state index is -0.754. The van der Waals surface area contributed by atoms with Crippen LogP contribution in [0.4, 0.5) is 0 Å². The van der Waals surface area contributed by atoms with E-state index in [0.717, 1.165) is 76.5 Å². The molecule has 0 aliphatic heterocycles. The Morgan fingerprint density at radius 2 is 0.767 bits per heavy atom. The van der Waals surface area contributed by atoms with E-state index in [-0.39, 0.29) is 31.1 Å². The zero-order valence-electron chi connectivity index (χ0n) is 28.9. The third kappa shape index (κ3) is 31.6. The van der Waals surface area contributed by atoms with Gasteiger partial charge in [-0.25, -0.2) is 0 Å². The topological polar surface area (TPSA) is 78.9 Å². The van der Waals surface area contributed by atoms with Crippen molar-refractivity contribution in [1.82, 2.24) is 0 Å². The van der Waals surface area contributed by atoms with Gasteiger partial charge in [0.15, 0.2) is 6.10 Å².